The number of hydrogen-bond acceptors (Lipinski definition) is 6. The molecule has 11 heteroatoms. The summed E-state index contributed by atoms with van der Waals surface area (Å²) in [5.41, 5.74) is 1.43. The number of nitrogens with zero attached hydrogens (tertiary/aromatic N) is 3. The topological polar surface area (TPSA) is 129 Å². The van der Waals surface area contributed by atoms with Crippen molar-refractivity contribution >= 4 is 29.6 Å². The van der Waals surface area contributed by atoms with E-state index < -0.39 is 23.4 Å². The van der Waals surface area contributed by atoms with Gasteiger partial charge in [0.25, 0.3) is 5.91 Å². The third-order valence-electron chi connectivity index (χ3n) is 4.63. The fraction of sp³-hybridized carbons (Fsp3) is 0.389. The molecule has 29 heavy (non-hydrogen) atoms. The first-order valence-electron chi connectivity index (χ1n) is 9.22. The lowest BCUT2D eigenvalue weighted by Crippen LogP contribution is -2.49. The molecule has 1 unspecified atom stereocenters. The van der Waals surface area contributed by atoms with E-state index in [4.69, 9.17) is 0 Å². The fourth-order valence-electron chi connectivity index (χ4n) is 3.16. The van der Waals surface area contributed by atoms with Crippen molar-refractivity contribution in [1.29, 1.82) is 0 Å². The number of imide groups is 1. The summed E-state index contributed by atoms with van der Waals surface area (Å²) in [4.78, 5) is 49.4. The van der Waals surface area contributed by atoms with Crippen LogP contribution in [0.25, 0.3) is 0 Å². The number of carbonyl (C=O) groups is 3. The van der Waals surface area contributed by atoms with Crippen molar-refractivity contribution < 1.29 is 14.4 Å². The number of hydrogen-bond donors (Lipinski definition) is 3. The molecule has 0 saturated carbocycles. The van der Waals surface area contributed by atoms with Gasteiger partial charge in [0.2, 0.25) is 5.91 Å². The Balaban J connectivity index is 1.69. The van der Waals surface area contributed by atoms with Gasteiger partial charge in [-0.2, -0.15) is 5.01 Å². The molecule has 0 spiro atoms. The van der Waals surface area contributed by atoms with E-state index in [0.717, 1.165) is 18.2 Å². The predicted octanol–water partition coefficient (Wildman–Crippen LogP) is 0.962. The van der Waals surface area contributed by atoms with Crippen LogP contribution in [0.5, 0.6) is 0 Å². The Kier molecular flexibility index (Phi) is 6.06. The molecule has 0 bridgehead atoms. The van der Waals surface area contributed by atoms with Crippen LogP contribution in [-0.2, 0) is 21.7 Å². The number of rotatable bonds is 8. The number of H-pyrrole nitrogens is 1. The van der Waals surface area contributed by atoms with Crippen molar-refractivity contribution in [2.75, 3.05) is 5.75 Å². The summed E-state index contributed by atoms with van der Waals surface area (Å²) in [6, 6.07) is 8.20. The van der Waals surface area contributed by atoms with Gasteiger partial charge < -0.3 is 5.32 Å². The predicted molar refractivity (Wildman–Crippen MR) is 106 cm³/mol. The summed E-state index contributed by atoms with van der Waals surface area (Å²) in [5.74, 6) is -1.22. The maximum atomic E-state index is 13.0. The lowest BCUT2D eigenvalue weighted by molar-refractivity contribution is -0.138. The van der Waals surface area contributed by atoms with Crippen LogP contribution in [0, 0.1) is 0 Å². The van der Waals surface area contributed by atoms with Crippen molar-refractivity contribution in [2.45, 2.75) is 43.9 Å². The summed E-state index contributed by atoms with van der Waals surface area (Å²) in [7, 11) is 0. The van der Waals surface area contributed by atoms with Crippen molar-refractivity contribution in [2.24, 2.45) is 0 Å². The summed E-state index contributed by atoms with van der Waals surface area (Å²) < 4.78 is 1.43. The number of nitrogens with one attached hydrogen (secondary N) is 3. The molecule has 0 aliphatic carbocycles. The lowest BCUT2D eigenvalue weighted by atomic mass is 9.87. The number of aromatic amines is 1. The maximum Gasteiger partial charge on any atom is 0.344 e. The largest absolute Gasteiger partial charge is 0.344 e. The van der Waals surface area contributed by atoms with E-state index >= 15 is 0 Å². The first kappa shape index (κ1) is 20.6. The van der Waals surface area contributed by atoms with E-state index in [0.29, 0.717) is 28.7 Å². The average molecular weight is 418 g/mol. The van der Waals surface area contributed by atoms with Crippen LogP contribution in [0.2, 0.25) is 0 Å². The summed E-state index contributed by atoms with van der Waals surface area (Å²) >= 11 is 1.04. The van der Waals surface area contributed by atoms with Crippen LogP contribution < -0.4 is 16.4 Å². The molecule has 0 radical (unpaired) electrons. The number of hydrazine groups is 1. The molecule has 2 heterocycles. The van der Waals surface area contributed by atoms with Crippen LogP contribution in [0.4, 0.5) is 4.79 Å². The van der Waals surface area contributed by atoms with Gasteiger partial charge in [0.15, 0.2) is 5.16 Å². The van der Waals surface area contributed by atoms with Crippen molar-refractivity contribution in [1.82, 2.24) is 30.5 Å². The monoisotopic (exact) mass is 418 g/mol. The van der Waals surface area contributed by atoms with Crippen LogP contribution in [0.1, 0.15) is 32.3 Å². The Hall–Kier alpha value is -3.08. The number of amides is 4. The van der Waals surface area contributed by atoms with Gasteiger partial charge in [0.05, 0.1) is 5.75 Å². The first-order chi connectivity index (χ1) is 13.9. The fourth-order valence-corrected chi connectivity index (χ4v) is 3.92. The molecule has 1 aliphatic rings. The van der Waals surface area contributed by atoms with Gasteiger partial charge >= 0.3 is 11.7 Å². The molecule has 1 saturated heterocycles. The molecule has 2 aromatic rings. The minimum Gasteiger partial charge on any atom is -0.318 e. The summed E-state index contributed by atoms with van der Waals surface area (Å²) in [6.07, 6.45) is 1.07. The highest BCUT2D eigenvalue weighted by atomic mass is 32.2. The van der Waals surface area contributed by atoms with Crippen LogP contribution >= 0.6 is 11.8 Å². The molecular weight excluding hydrogens is 396 g/mol. The zero-order valence-electron chi connectivity index (χ0n) is 16.1. The Morgan fingerprint density at radius 3 is 2.59 bits per heavy atom. The van der Waals surface area contributed by atoms with Gasteiger partial charge in [0.1, 0.15) is 5.54 Å². The van der Waals surface area contributed by atoms with Crippen molar-refractivity contribution in [3.05, 3.63) is 46.4 Å². The quantitative estimate of drug-likeness (QED) is 0.433. The molecule has 3 rings (SSSR count). The molecule has 1 atom stereocenters. The Bertz CT molecular complexity index is 972. The van der Waals surface area contributed by atoms with E-state index in [1.54, 1.807) is 31.2 Å². The van der Waals surface area contributed by atoms with Gasteiger partial charge in [-0.1, -0.05) is 55.9 Å². The van der Waals surface area contributed by atoms with Gasteiger partial charge in [-0.15, -0.1) is 5.10 Å². The normalized spacial score (nSPS) is 18.8. The SMILES string of the molecule is CCCn1c(SCC(=O)NN2C(=O)NC(CC)(c3ccccc3)C2=O)n[nH]c1=O. The molecular formula is C18H22N6O4S. The van der Waals surface area contributed by atoms with Crippen LogP contribution in [-0.4, -0.2) is 43.4 Å². The van der Waals surface area contributed by atoms with E-state index in [2.05, 4.69) is 20.9 Å². The summed E-state index contributed by atoms with van der Waals surface area (Å²) in [6.45, 7) is 4.18. The summed E-state index contributed by atoms with van der Waals surface area (Å²) in [5, 5.41) is 10.0. The second-order valence-corrected chi connectivity index (χ2v) is 7.42. The van der Waals surface area contributed by atoms with Gasteiger partial charge in [-0.05, 0) is 18.4 Å². The zero-order chi connectivity index (χ0) is 21.0. The molecule has 4 amide bonds. The molecule has 1 aromatic carbocycles. The molecule has 10 nitrogen and oxygen atoms in total. The lowest BCUT2D eigenvalue weighted by Gasteiger charge is -2.25. The highest BCUT2D eigenvalue weighted by Gasteiger charge is 2.52. The van der Waals surface area contributed by atoms with Crippen molar-refractivity contribution in [3.8, 4) is 0 Å². The zero-order valence-corrected chi connectivity index (χ0v) is 16.9. The van der Waals surface area contributed by atoms with Gasteiger partial charge in [-0.25, -0.2) is 14.7 Å². The van der Waals surface area contributed by atoms with Gasteiger partial charge in [0, 0.05) is 6.54 Å². The number of benzene rings is 1. The third-order valence-corrected chi connectivity index (χ3v) is 5.60. The number of urea groups is 1. The highest BCUT2D eigenvalue weighted by Crippen LogP contribution is 2.31. The Morgan fingerprint density at radius 1 is 1.21 bits per heavy atom. The van der Waals surface area contributed by atoms with E-state index in [-0.39, 0.29) is 11.4 Å². The maximum absolute atomic E-state index is 13.0. The molecule has 1 aromatic heterocycles. The number of aromatic nitrogens is 3. The molecule has 154 valence electrons. The highest BCUT2D eigenvalue weighted by molar-refractivity contribution is 7.99. The minimum absolute atomic E-state index is 0.116. The second kappa shape index (κ2) is 8.52. The second-order valence-electron chi connectivity index (χ2n) is 6.48. The van der Waals surface area contributed by atoms with Crippen LogP contribution in [0.15, 0.2) is 40.3 Å². The van der Waals surface area contributed by atoms with Crippen LogP contribution in [0.3, 0.4) is 0 Å². The minimum atomic E-state index is -1.22. The number of thioether (sulfide) groups is 1. The average Bonchev–Trinajstić information content (AvgIpc) is 3.20. The molecule has 1 fully saturated rings. The first-order valence-corrected chi connectivity index (χ1v) is 10.2. The van der Waals surface area contributed by atoms with Gasteiger partial charge in [-0.3, -0.25) is 19.6 Å². The smallest absolute Gasteiger partial charge is 0.318 e. The number of carbonyl (C=O) groups excluding carboxylic acids is 3. The Labute approximate surface area is 171 Å². The van der Waals surface area contributed by atoms with Crippen molar-refractivity contribution in [3.63, 3.8) is 0 Å². The van der Waals surface area contributed by atoms with E-state index in [1.165, 1.54) is 4.57 Å². The molecule has 1 aliphatic heterocycles. The third kappa shape index (κ3) is 3.90. The Morgan fingerprint density at radius 2 is 1.93 bits per heavy atom. The molecule has 3 N–H and O–H groups in total. The standard InChI is InChI=1S/C18H22N6O4S/c1-3-10-23-16(28)20-21-17(23)29-11-13(25)22-24-14(26)18(4-2,19-15(24)27)12-8-6-5-7-9-12/h5-9H,3-4,10-11H2,1-2H3,(H,19,27)(H,20,28)(H,22,25). The van der Waals surface area contributed by atoms with E-state index in [9.17, 15) is 19.2 Å². The van der Waals surface area contributed by atoms with E-state index in [1.807, 2.05) is 13.0 Å².